The fourth-order valence-corrected chi connectivity index (χ4v) is 2.44. The zero-order valence-electron chi connectivity index (χ0n) is 13.9. The first-order chi connectivity index (χ1) is 11.5. The van der Waals surface area contributed by atoms with Crippen LogP contribution in [0.3, 0.4) is 0 Å². The number of aliphatic hydroxyl groups is 1. The van der Waals surface area contributed by atoms with Gasteiger partial charge in [-0.2, -0.15) is 0 Å². The molecule has 3 N–H and O–H groups in total. The van der Waals surface area contributed by atoms with Gasteiger partial charge in [-0.3, -0.25) is 9.59 Å². The van der Waals surface area contributed by atoms with Crippen LogP contribution in [-0.4, -0.2) is 16.9 Å². The van der Waals surface area contributed by atoms with E-state index >= 15 is 0 Å². The van der Waals surface area contributed by atoms with Gasteiger partial charge >= 0.3 is 0 Å². The van der Waals surface area contributed by atoms with Gasteiger partial charge < -0.3 is 15.7 Å². The fraction of sp³-hybridized carbons (Fsp3) is 0.263. The normalized spacial score (nSPS) is 11.6. The number of rotatable bonds is 6. The predicted octanol–water partition coefficient (Wildman–Crippen LogP) is 2.69. The van der Waals surface area contributed by atoms with E-state index in [4.69, 9.17) is 5.11 Å². The molecule has 2 aromatic carbocycles. The molecule has 0 fully saturated rings. The van der Waals surface area contributed by atoms with E-state index in [0.29, 0.717) is 5.69 Å². The van der Waals surface area contributed by atoms with Gasteiger partial charge in [-0.1, -0.05) is 42.0 Å². The van der Waals surface area contributed by atoms with E-state index in [1.807, 2.05) is 31.2 Å². The molecule has 0 heterocycles. The van der Waals surface area contributed by atoms with Crippen LogP contribution < -0.4 is 10.6 Å². The van der Waals surface area contributed by atoms with Crippen molar-refractivity contribution >= 4 is 17.5 Å². The second kappa shape index (κ2) is 8.26. The number of carbonyl (C=O) groups is 2. The second-order valence-corrected chi connectivity index (χ2v) is 5.77. The van der Waals surface area contributed by atoms with Crippen LogP contribution in [0.25, 0.3) is 0 Å². The molecule has 24 heavy (non-hydrogen) atoms. The number of aryl methyl sites for hydroxylation is 1. The maximum atomic E-state index is 12.3. The van der Waals surface area contributed by atoms with E-state index in [9.17, 15) is 9.59 Å². The SMILES string of the molecule is CC(=O)NC(CC(=O)Nc1cccc(CO)c1)c1ccc(C)cc1. The third-order valence-corrected chi connectivity index (χ3v) is 3.64. The van der Waals surface area contributed by atoms with E-state index in [0.717, 1.165) is 16.7 Å². The number of aliphatic hydroxyl groups excluding tert-OH is 1. The monoisotopic (exact) mass is 326 g/mol. The summed E-state index contributed by atoms with van der Waals surface area (Å²) in [7, 11) is 0. The zero-order valence-corrected chi connectivity index (χ0v) is 13.9. The lowest BCUT2D eigenvalue weighted by Crippen LogP contribution is -2.29. The third kappa shape index (κ3) is 5.21. The highest BCUT2D eigenvalue weighted by atomic mass is 16.3. The van der Waals surface area contributed by atoms with E-state index < -0.39 is 0 Å². The minimum absolute atomic E-state index is 0.0818. The fourth-order valence-electron chi connectivity index (χ4n) is 2.44. The van der Waals surface area contributed by atoms with Crippen molar-refractivity contribution in [2.24, 2.45) is 0 Å². The molecular formula is C19H22N2O3. The summed E-state index contributed by atoms with van der Waals surface area (Å²) in [5, 5.41) is 14.8. The Hall–Kier alpha value is -2.66. The summed E-state index contributed by atoms with van der Waals surface area (Å²) < 4.78 is 0. The average Bonchev–Trinajstić information content (AvgIpc) is 2.54. The summed E-state index contributed by atoms with van der Waals surface area (Å²) >= 11 is 0. The lowest BCUT2D eigenvalue weighted by atomic mass is 10.0. The Morgan fingerprint density at radius 2 is 1.83 bits per heavy atom. The molecule has 0 saturated carbocycles. The van der Waals surface area contributed by atoms with Gasteiger partial charge in [-0.05, 0) is 30.2 Å². The molecule has 5 nitrogen and oxygen atoms in total. The summed E-state index contributed by atoms with van der Waals surface area (Å²) in [5.74, 6) is -0.389. The Labute approximate surface area is 141 Å². The van der Waals surface area contributed by atoms with Crippen molar-refractivity contribution in [2.45, 2.75) is 32.9 Å². The van der Waals surface area contributed by atoms with Crippen molar-refractivity contribution in [1.82, 2.24) is 5.32 Å². The van der Waals surface area contributed by atoms with Gasteiger partial charge in [0.15, 0.2) is 0 Å². The van der Waals surface area contributed by atoms with Crippen LogP contribution in [0.15, 0.2) is 48.5 Å². The van der Waals surface area contributed by atoms with Gasteiger partial charge in [-0.25, -0.2) is 0 Å². The van der Waals surface area contributed by atoms with Crippen molar-refractivity contribution in [3.8, 4) is 0 Å². The number of amides is 2. The minimum atomic E-state index is -0.385. The summed E-state index contributed by atoms with van der Waals surface area (Å²) in [5.41, 5.74) is 3.35. The van der Waals surface area contributed by atoms with Crippen LogP contribution in [0.5, 0.6) is 0 Å². The van der Waals surface area contributed by atoms with Crippen molar-refractivity contribution in [3.05, 3.63) is 65.2 Å². The topological polar surface area (TPSA) is 78.4 Å². The van der Waals surface area contributed by atoms with Crippen molar-refractivity contribution in [3.63, 3.8) is 0 Å². The number of benzene rings is 2. The standard InChI is InChI=1S/C19H22N2O3/c1-13-6-8-16(9-7-13)18(20-14(2)23)11-19(24)21-17-5-3-4-15(10-17)12-22/h3-10,18,22H,11-12H2,1-2H3,(H,20,23)(H,21,24). The Balaban J connectivity index is 2.08. The third-order valence-electron chi connectivity index (χ3n) is 3.64. The van der Waals surface area contributed by atoms with E-state index in [1.54, 1.807) is 24.3 Å². The van der Waals surface area contributed by atoms with E-state index in [-0.39, 0.29) is 30.9 Å². The van der Waals surface area contributed by atoms with Crippen LogP contribution in [0, 0.1) is 6.92 Å². The van der Waals surface area contributed by atoms with Gasteiger partial charge in [0.1, 0.15) is 0 Å². The second-order valence-electron chi connectivity index (χ2n) is 5.77. The predicted molar refractivity (Wildman–Crippen MR) is 93.3 cm³/mol. The molecule has 2 rings (SSSR count). The Bertz CT molecular complexity index is 711. The molecule has 0 aliphatic rings. The van der Waals surface area contributed by atoms with Crippen molar-refractivity contribution < 1.29 is 14.7 Å². The highest BCUT2D eigenvalue weighted by Gasteiger charge is 2.17. The van der Waals surface area contributed by atoms with Crippen LogP contribution in [0.1, 0.15) is 36.1 Å². The molecular weight excluding hydrogens is 304 g/mol. The van der Waals surface area contributed by atoms with Crippen LogP contribution >= 0.6 is 0 Å². The van der Waals surface area contributed by atoms with Crippen molar-refractivity contribution in [2.75, 3.05) is 5.32 Å². The smallest absolute Gasteiger partial charge is 0.226 e. The number of anilines is 1. The van der Waals surface area contributed by atoms with Gasteiger partial charge in [0.05, 0.1) is 19.1 Å². The van der Waals surface area contributed by atoms with Gasteiger partial charge in [0, 0.05) is 12.6 Å². The molecule has 0 aliphatic heterocycles. The number of nitrogens with one attached hydrogen (secondary N) is 2. The molecule has 0 aromatic heterocycles. The molecule has 0 radical (unpaired) electrons. The van der Waals surface area contributed by atoms with E-state index in [2.05, 4.69) is 10.6 Å². The Morgan fingerprint density at radius 3 is 2.46 bits per heavy atom. The van der Waals surface area contributed by atoms with Gasteiger partial charge in [-0.15, -0.1) is 0 Å². The highest BCUT2D eigenvalue weighted by molar-refractivity contribution is 5.91. The number of carbonyl (C=O) groups excluding carboxylic acids is 2. The highest BCUT2D eigenvalue weighted by Crippen LogP contribution is 2.19. The lowest BCUT2D eigenvalue weighted by molar-refractivity contribution is -0.120. The van der Waals surface area contributed by atoms with Gasteiger partial charge in [0.2, 0.25) is 11.8 Å². The van der Waals surface area contributed by atoms with E-state index in [1.165, 1.54) is 6.92 Å². The molecule has 0 bridgehead atoms. The maximum Gasteiger partial charge on any atom is 0.226 e. The molecule has 0 spiro atoms. The summed E-state index contributed by atoms with van der Waals surface area (Å²) in [4.78, 5) is 23.8. The Morgan fingerprint density at radius 1 is 1.12 bits per heavy atom. The quantitative estimate of drug-likeness (QED) is 0.764. The average molecular weight is 326 g/mol. The minimum Gasteiger partial charge on any atom is -0.392 e. The van der Waals surface area contributed by atoms with Gasteiger partial charge in [0.25, 0.3) is 0 Å². The molecule has 2 aromatic rings. The summed E-state index contributed by atoms with van der Waals surface area (Å²) in [6.45, 7) is 3.34. The largest absolute Gasteiger partial charge is 0.392 e. The molecule has 1 unspecified atom stereocenters. The zero-order chi connectivity index (χ0) is 17.5. The number of hydrogen-bond donors (Lipinski definition) is 3. The molecule has 0 saturated heterocycles. The Kier molecular flexibility index (Phi) is 6.09. The first-order valence-electron chi connectivity index (χ1n) is 7.81. The van der Waals surface area contributed by atoms with Crippen LogP contribution in [-0.2, 0) is 16.2 Å². The molecule has 0 aliphatic carbocycles. The lowest BCUT2D eigenvalue weighted by Gasteiger charge is -2.18. The summed E-state index contributed by atoms with van der Waals surface area (Å²) in [6.07, 6.45) is 0.131. The number of hydrogen-bond acceptors (Lipinski definition) is 3. The van der Waals surface area contributed by atoms with Crippen LogP contribution in [0.2, 0.25) is 0 Å². The molecule has 126 valence electrons. The maximum absolute atomic E-state index is 12.3. The molecule has 5 heteroatoms. The first-order valence-corrected chi connectivity index (χ1v) is 7.81. The molecule has 1 atom stereocenters. The first kappa shape index (κ1) is 17.7. The molecule has 2 amide bonds. The van der Waals surface area contributed by atoms with Crippen LogP contribution in [0.4, 0.5) is 5.69 Å². The summed E-state index contributed by atoms with van der Waals surface area (Å²) in [6, 6.07) is 14.4. The van der Waals surface area contributed by atoms with Crippen molar-refractivity contribution in [1.29, 1.82) is 0 Å².